The van der Waals surface area contributed by atoms with E-state index < -0.39 is 5.97 Å². The largest absolute Gasteiger partial charge is 0.478 e. The molecular weight excluding hydrogens is 318 g/mol. The van der Waals surface area contributed by atoms with Crippen molar-refractivity contribution in [2.75, 3.05) is 18.5 Å². The van der Waals surface area contributed by atoms with Gasteiger partial charge in [-0.3, -0.25) is 0 Å². The molecule has 3 nitrogen and oxygen atoms in total. The average Bonchev–Trinajstić information content (AvgIpc) is 2.89. The zero-order valence-corrected chi connectivity index (χ0v) is 13.3. The van der Waals surface area contributed by atoms with E-state index in [0.29, 0.717) is 0 Å². The Labute approximate surface area is 128 Å². The van der Waals surface area contributed by atoms with Crippen LogP contribution in [0.15, 0.2) is 28.7 Å². The average molecular weight is 338 g/mol. The maximum Gasteiger partial charge on any atom is 0.328 e. The minimum absolute atomic E-state index is 0.811. The number of carboxylic acids is 1. The van der Waals surface area contributed by atoms with E-state index in [4.69, 9.17) is 5.11 Å². The lowest BCUT2D eigenvalue weighted by Gasteiger charge is -2.23. The highest BCUT2D eigenvalue weighted by Gasteiger charge is 2.17. The highest BCUT2D eigenvalue weighted by molar-refractivity contribution is 9.10. The smallest absolute Gasteiger partial charge is 0.328 e. The SMILES string of the molecule is CN(CC1CCCC1)c1ccc(/C=C/C(=O)O)c(Br)c1. The molecule has 0 saturated heterocycles. The van der Waals surface area contributed by atoms with Crippen LogP contribution in [0.5, 0.6) is 0 Å². The van der Waals surface area contributed by atoms with Crippen LogP contribution in [0.1, 0.15) is 31.2 Å². The molecule has 4 heteroatoms. The van der Waals surface area contributed by atoms with Crippen LogP contribution in [0.4, 0.5) is 5.69 Å². The Morgan fingerprint density at radius 2 is 2.15 bits per heavy atom. The van der Waals surface area contributed by atoms with E-state index in [2.05, 4.69) is 33.9 Å². The van der Waals surface area contributed by atoms with E-state index in [1.165, 1.54) is 25.7 Å². The number of carboxylic acid groups (broad SMARTS) is 1. The second kappa shape index (κ2) is 6.93. The van der Waals surface area contributed by atoms with Gasteiger partial charge in [-0.05, 0) is 42.5 Å². The maximum absolute atomic E-state index is 10.5. The fraction of sp³-hybridized carbons (Fsp3) is 0.438. The van der Waals surface area contributed by atoms with Gasteiger partial charge in [0.15, 0.2) is 0 Å². The van der Waals surface area contributed by atoms with Crippen molar-refractivity contribution in [2.24, 2.45) is 5.92 Å². The van der Waals surface area contributed by atoms with Crippen LogP contribution in [0.2, 0.25) is 0 Å². The first-order chi connectivity index (χ1) is 9.56. The third kappa shape index (κ3) is 4.10. The maximum atomic E-state index is 10.5. The molecule has 0 heterocycles. The number of benzene rings is 1. The summed E-state index contributed by atoms with van der Waals surface area (Å²) in [6.07, 6.45) is 8.16. The van der Waals surface area contributed by atoms with Gasteiger partial charge in [0.1, 0.15) is 0 Å². The highest BCUT2D eigenvalue weighted by atomic mass is 79.9. The van der Waals surface area contributed by atoms with Gasteiger partial charge in [-0.2, -0.15) is 0 Å². The molecule has 0 atom stereocenters. The molecule has 0 amide bonds. The molecule has 0 radical (unpaired) electrons. The van der Waals surface area contributed by atoms with Crippen molar-refractivity contribution in [3.63, 3.8) is 0 Å². The Morgan fingerprint density at radius 3 is 2.75 bits per heavy atom. The van der Waals surface area contributed by atoms with Gasteiger partial charge >= 0.3 is 5.97 Å². The predicted molar refractivity (Wildman–Crippen MR) is 86.0 cm³/mol. The Bertz CT molecular complexity index is 507. The first kappa shape index (κ1) is 15.1. The van der Waals surface area contributed by atoms with E-state index in [1.54, 1.807) is 6.08 Å². The molecule has 20 heavy (non-hydrogen) atoms. The van der Waals surface area contributed by atoms with Crippen molar-refractivity contribution in [3.05, 3.63) is 34.3 Å². The molecule has 0 aliphatic heterocycles. The van der Waals surface area contributed by atoms with Crippen molar-refractivity contribution < 1.29 is 9.90 Å². The molecule has 1 N–H and O–H groups in total. The lowest BCUT2D eigenvalue weighted by atomic mass is 10.1. The van der Waals surface area contributed by atoms with Crippen LogP contribution in [0.3, 0.4) is 0 Å². The number of rotatable bonds is 5. The summed E-state index contributed by atoms with van der Waals surface area (Å²) in [7, 11) is 2.12. The third-order valence-electron chi connectivity index (χ3n) is 3.84. The van der Waals surface area contributed by atoms with Gasteiger partial charge in [0.25, 0.3) is 0 Å². The third-order valence-corrected chi connectivity index (χ3v) is 4.52. The summed E-state index contributed by atoms with van der Waals surface area (Å²) in [5.74, 6) is -0.121. The topological polar surface area (TPSA) is 40.5 Å². The summed E-state index contributed by atoms with van der Waals surface area (Å²) >= 11 is 3.51. The normalized spacial score (nSPS) is 15.9. The predicted octanol–water partition coefficient (Wildman–Crippen LogP) is 4.17. The van der Waals surface area contributed by atoms with Gasteiger partial charge in [-0.25, -0.2) is 4.79 Å². The summed E-state index contributed by atoms with van der Waals surface area (Å²) in [5, 5.41) is 8.66. The lowest BCUT2D eigenvalue weighted by Crippen LogP contribution is -2.23. The number of halogens is 1. The molecule has 0 bridgehead atoms. The molecule has 1 aliphatic rings. The van der Waals surface area contributed by atoms with Crippen LogP contribution in [-0.4, -0.2) is 24.7 Å². The Morgan fingerprint density at radius 1 is 1.45 bits per heavy atom. The molecule has 2 rings (SSSR count). The molecule has 108 valence electrons. The van der Waals surface area contributed by atoms with E-state index >= 15 is 0 Å². The van der Waals surface area contributed by atoms with E-state index in [9.17, 15) is 4.79 Å². The Kier molecular flexibility index (Phi) is 5.24. The summed E-state index contributed by atoms with van der Waals surface area (Å²) in [5.41, 5.74) is 2.04. The molecule has 0 aromatic heterocycles. The number of anilines is 1. The standard InChI is InChI=1S/C16H20BrNO2/c1-18(11-12-4-2-3-5-12)14-8-6-13(15(17)10-14)7-9-16(19)20/h6-10,12H,2-5,11H2,1H3,(H,19,20)/b9-7+. The fourth-order valence-electron chi connectivity index (χ4n) is 2.74. The summed E-state index contributed by atoms with van der Waals surface area (Å²) < 4.78 is 0.922. The zero-order valence-electron chi connectivity index (χ0n) is 11.7. The lowest BCUT2D eigenvalue weighted by molar-refractivity contribution is -0.131. The van der Waals surface area contributed by atoms with Gasteiger partial charge in [0.2, 0.25) is 0 Å². The summed E-state index contributed by atoms with van der Waals surface area (Å²) in [4.78, 5) is 12.8. The molecular formula is C16H20BrNO2. The van der Waals surface area contributed by atoms with Gasteiger partial charge in [-0.15, -0.1) is 0 Å². The molecule has 1 aromatic carbocycles. The van der Waals surface area contributed by atoms with Crippen molar-refractivity contribution in [1.29, 1.82) is 0 Å². The monoisotopic (exact) mass is 337 g/mol. The summed E-state index contributed by atoms with van der Waals surface area (Å²) in [6, 6.07) is 6.04. The van der Waals surface area contributed by atoms with Gasteiger partial charge in [0.05, 0.1) is 0 Å². The van der Waals surface area contributed by atoms with Crippen molar-refractivity contribution >= 4 is 33.7 Å². The van der Waals surface area contributed by atoms with Crippen LogP contribution in [0, 0.1) is 5.92 Å². The Hall–Kier alpha value is -1.29. The van der Waals surface area contributed by atoms with Crippen molar-refractivity contribution in [2.45, 2.75) is 25.7 Å². The van der Waals surface area contributed by atoms with E-state index in [0.717, 1.165) is 34.3 Å². The second-order valence-electron chi connectivity index (χ2n) is 5.41. The number of hydrogen-bond acceptors (Lipinski definition) is 2. The Balaban J connectivity index is 2.05. The fourth-order valence-corrected chi connectivity index (χ4v) is 3.23. The zero-order chi connectivity index (χ0) is 14.5. The molecule has 1 aliphatic carbocycles. The van der Waals surface area contributed by atoms with Crippen LogP contribution >= 0.6 is 15.9 Å². The number of hydrogen-bond donors (Lipinski definition) is 1. The van der Waals surface area contributed by atoms with Crippen LogP contribution in [0.25, 0.3) is 6.08 Å². The van der Waals surface area contributed by atoms with Gasteiger partial charge in [-0.1, -0.05) is 34.8 Å². The molecule has 0 unspecified atom stereocenters. The molecule has 0 spiro atoms. The number of aliphatic carboxylic acids is 1. The molecule has 1 saturated carbocycles. The highest BCUT2D eigenvalue weighted by Crippen LogP contribution is 2.29. The van der Waals surface area contributed by atoms with Crippen molar-refractivity contribution in [1.82, 2.24) is 0 Å². The minimum Gasteiger partial charge on any atom is -0.478 e. The minimum atomic E-state index is -0.931. The quantitative estimate of drug-likeness (QED) is 0.819. The summed E-state index contributed by atoms with van der Waals surface area (Å²) in [6.45, 7) is 1.09. The van der Waals surface area contributed by atoms with E-state index in [1.807, 2.05) is 12.1 Å². The van der Waals surface area contributed by atoms with Crippen LogP contribution < -0.4 is 4.90 Å². The van der Waals surface area contributed by atoms with Crippen LogP contribution in [-0.2, 0) is 4.79 Å². The van der Waals surface area contributed by atoms with E-state index in [-0.39, 0.29) is 0 Å². The molecule has 1 aromatic rings. The number of carbonyl (C=O) groups is 1. The first-order valence-electron chi connectivity index (χ1n) is 6.98. The first-order valence-corrected chi connectivity index (χ1v) is 7.77. The second-order valence-corrected chi connectivity index (χ2v) is 6.26. The van der Waals surface area contributed by atoms with Crippen molar-refractivity contribution in [3.8, 4) is 0 Å². The van der Waals surface area contributed by atoms with Gasteiger partial charge in [0, 0.05) is 29.8 Å². The number of nitrogens with zero attached hydrogens (tertiary/aromatic N) is 1. The molecule has 1 fully saturated rings. The van der Waals surface area contributed by atoms with Gasteiger partial charge < -0.3 is 10.0 Å².